The van der Waals surface area contributed by atoms with E-state index in [2.05, 4.69) is 14.8 Å². The lowest BCUT2D eigenvalue weighted by atomic mass is 10.3. The van der Waals surface area contributed by atoms with Crippen LogP contribution >= 0.6 is 0 Å². The number of carbonyl (C=O) groups excluding carboxylic acids is 1. The van der Waals surface area contributed by atoms with Crippen LogP contribution in [-0.2, 0) is 4.79 Å². The van der Waals surface area contributed by atoms with E-state index in [1.807, 2.05) is 18.7 Å². The Morgan fingerprint density at radius 3 is 2.39 bits per heavy atom. The van der Waals surface area contributed by atoms with Gasteiger partial charge in [0.25, 0.3) is 5.69 Å². The smallest absolute Gasteiger partial charge is 0.287 e. The quantitative estimate of drug-likeness (QED) is 0.574. The number of anilines is 1. The van der Waals surface area contributed by atoms with E-state index in [4.69, 9.17) is 0 Å². The molecule has 1 aliphatic heterocycles. The molecule has 0 bridgehead atoms. The molecule has 0 aromatic carbocycles. The van der Waals surface area contributed by atoms with Gasteiger partial charge in [-0.25, -0.2) is 4.98 Å². The SMILES string of the molecule is CCN(CC)C(=O)CN1CCN(c2ccc([N+](=O)[O-])cn2)CC1. The van der Waals surface area contributed by atoms with Crippen molar-refractivity contribution in [3.63, 3.8) is 0 Å². The van der Waals surface area contributed by atoms with Gasteiger partial charge in [0.05, 0.1) is 11.5 Å². The molecule has 2 heterocycles. The fourth-order valence-corrected chi connectivity index (χ4v) is 2.68. The summed E-state index contributed by atoms with van der Waals surface area (Å²) < 4.78 is 0. The van der Waals surface area contributed by atoms with Gasteiger partial charge in [0, 0.05) is 45.3 Å². The first kappa shape index (κ1) is 17.1. The fraction of sp³-hybridized carbons (Fsp3) is 0.600. The van der Waals surface area contributed by atoms with Crippen LogP contribution in [-0.4, -0.2) is 71.4 Å². The Morgan fingerprint density at radius 1 is 1.26 bits per heavy atom. The predicted molar refractivity (Wildman–Crippen MR) is 87.5 cm³/mol. The molecular formula is C15H23N5O3. The average Bonchev–Trinajstić information content (AvgIpc) is 2.57. The molecule has 0 atom stereocenters. The number of likely N-dealkylation sites (N-methyl/N-ethyl adjacent to an activating group) is 1. The molecule has 23 heavy (non-hydrogen) atoms. The molecule has 0 aliphatic carbocycles. The molecule has 0 spiro atoms. The number of nitro groups is 1. The number of pyridine rings is 1. The van der Waals surface area contributed by atoms with Crippen molar-refractivity contribution < 1.29 is 9.72 Å². The molecule has 8 heteroatoms. The van der Waals surface area contributed by atoms with Crippen molar-refractivity contribution >= 4 is 17.4 Å². The highest BCUT2D eigenvalue weighted by Gasteiger charge is 2.21. The van der Waals surface area contributed by atoms with Gasteiger partial charge in [-0.1, -0.05) is 0 Å². The number of amides is 1. The van der Waals surface area contributed by atoms with Gasteiger partial charge in [0.1, 0.15) is 12.0 Å². The van der Waals surface area contributed by atoms with Gasteiger partial charge in [-0.2, -0.15) is 0 Å². The molecule has 0 saturated carbocycles. The van der Waals surface area contributed by atoms with E-state index in [-0.39, 0.29) is 11.6 Å². The van der Waals surface area contributed by atoms with Crippen LogP contribution < -0.4 is 4.90 Å². The minimum atomic E-state index is -0.451. The maximum absolute atomic E-state index is 12.1. The summed E-state index contributed by atoms with van der Waals surface area (Å²) >= 11 is 0. The third-order valence-corrected chi connectivity index (χ3v) is 4.11. The van der Waals surface area contributed by atoms with Gasteiger partial charge < -0.3 is 9.80 Å². The number of hydrogen-bond acceptors (Lipinski definition) is 6. The highest BCUT2D eigenvalue weighted by Crippen LogP contribution is 2.17. The van der Waals surface area contributed by atoms with E-state index in [1.165, 1.54) is 12.3 Å². The Labute approximate surface area is 135 Å². The zero-order chi connectivity index (χ0) is 16.8. The Balaban J connectivity index is 1.86. The Hall–Kier alpha value is -2.22. The Kier molecular flexibility index (Phi) is 5.86. The molecule has 1 fully saturated rings. The minimum absolute atomic E-state index is 0.00259. The van der Waals surface area contributed by atoms with Gasteiger partial charge in [0.2, 0.25) is 5.91 Å². The zero-order valence-electron chi connectivity index (χ0n) is 13.6. The first-order chi connectivity index (χ1) is 11.0. The summed E-state index contributed by atoms with van der Waals surface area (Å²) in [5.41, 5.74) is -0.00259. The second kappa shape index (κ2) is 7.87. The first-order valence-electron chi connectivity index (χ1n) is 7.90. The normalized spacial score (nSPS) is 15.5. The summed E-state index contributed by atoms with van der Waals surface area (Å²) in [7, 11) is 0. The molecule has 0 unspecified atom stereocenters. The summed E-state index contributed by atoms with van der Waals surface area (Å²) in [4.78, 5) is 32.5. The lowest BCUT2D eigenvalue weighted by Crippen LogP contribution is -2.50. The number of aromatic nitrogens is 1. The lowest BCUT2D eigenvalue weighted by molar-refractivity contribution is -0.385. The highest BCUT2D eigenvalue weighted by atomic mass is 16.6. The highest BCUT2D eigenvalue weighted by molar-refractivity contribution is 5.78. The lowest BCUT2D eigenvalue weighted by Gasteiger charge is -2.35. The molecule has 2 rings (SSSR count). The van der Waals surface area contributed by atoms with Crippen molar-refractivity contribution in [1.82, 2.24) is 14.8 Å². The van der Waals surface area contributed by atoms with Crippen molar-refractivity contribution in [3.8, 4) is 0 Å². The van der Waals surface area contributed by atoms with E-state index < -0.39 is 4.92 Å². The predicted octanol–water partition coefficient (Wildman–Crippen LogP) is 0.980. The van der Waals surface area contributed by atoms with Crippen molar-refractivity contribution in [2.24, 2.45) is 0 Å². The fourth-order valence-electron chi connectivity index (χ4n) is 2.68. The van der Waals surface area contributed by atoms with Crippen LogP contribution in [0.3, 0.4) is 0 Å². The van der Waals surface area contributed by atoms with Crippen LogP contribution in [0.1, 0.15) is 13.8 Å². The monoisotopic (exact) mass is 321 g/mol. The standard InChI is InChI=1S/C15H23N5O3/c1-3-18(4-2)15(21)12-17-7-9-19(10-8-17)14-6-5-13(11-16-14)20(22)23/h5-6,11H,3-4,7-10,12H2,1-2H3. The van der Waals surface area contributed by atoms with E-state index in [0.717, 1.165) is 45.1 Å². The van der Waals surface area contributed by atoms with Gasteiger partial charge in [0.15, 0.2) is 0 Å². The van der Waals surface area contributed by atoms with E-state index in [9.17, 15) is 14.9 Å². The number of nitrogens with zero attached hydrogens (tertiary/aromatic N) is 5. The maximum Gasteiger partial charge on any atom is 0.287 e. The van der Waals surface area contributed by atoms with E-state index >= 15 is 0 Å². The second-order valence-corrected chi connectivity index (χ2v) is 5.46. The van der Waals surface area contributed by atoms with Crippen LogP contribution in [0.4, 0.5) is 11.5 Å². The molecule has 8 nitrogen and oxygen atoms in total. The number of piperazine rings is 1. The Morgan fingerprint density at radius 2 is 1.91 bits per heavy atom. The van der Waals surface area contributed by atoms with Crippen LogP contribution in [0.5, 0.6) is 0 Å². The van der Waals surface area contributed by atoms with Crippen LogP contribution in [0.25, 0.3) is 0 Å². The van der Waals surface area contributed by atoms with Crippen LogP contribution in [0, 0.1) is 10.1 Å². The molecular weight excluding hydrogens is 298 g/mol. The van der Waals surface area contributed by atoms with E-state index in [0.29, 0.717) is 6.54 Å². The summed E-state index contributed by atoms with van der Waals surface area (Å²) in [6, 6.07) is 3.15. The van der Waals surface area contributed by atoms with Crippen molar-refractivity contribution in [2.75, 3.05) is 50.7 Å². The van der Waals surface area contributed by atoms with Gasteiger partial charge in [-0.3, -0.25) is 19.8 Å². The number of carbonyl (C=O) groups is 1. The topological polar surface area (TPSA) is 82.8 Å². The molecule has 0 N–H and O–H groups in total. The maximum atomic E-state index is 12.1. The molecule has 1 saturated heterocycles. The third kappa shape index (κ3) is 4.38. The summed E-state index contributed by atoms with van der Waals surface area (Å²) in [6.45, 7) is 8.98. The van der Waals surface area contributed by atoms with Crippen LogP contribution in [0.2, 0.25) is 0 Å². The molecule has 1 aliphatic rings. The summed E-state index contributed by atoms with van der Waals surface area (Å²) in [5, 5.41) is 10.6. The number of rotatable bonds is 6. The molecule has 1 amide bonds. The molecule has 0 radical (unpaired) electrons. The number of hydrogen-bond donors (Lipinski definition) is 0. The molecule has 1 aromatic rings. The van der Waals surface area contributed by atoms with Gasteiger partial charge in [-0.15, -0.1) is 0 Å². The minimum Gasteiger partial charge on any atom is -0.354 e. The van der Waals surface area contributed by atoms with Gasteiger partial charge >= 0.3 is 0 Å². The first-order valence-corrected chi connectivity index (χ1v) is 7.90. The largest absolute Gasteiger partial charge is 0.354 e. The average molecular weight is 321 g/mol. The Bertz CT molecular complexity index is 537. The van der Waals surface area contributed by atoms with Crippen molar-refractivity contribution in [3.05, 3.63) is 28.4 Å². The summed E-state index contributed by atoms with van der Waals surface area (Å²) in [5.74, 6) is 0.905. The van der Waals surface area contributed by atoms with Crippen molar-refractivity contribution in [2.45, 2.75) is 13.8 Å². The second-order valence-electron chi connectivity index (χ2n) is 5.46. The summed E-state index contributed by atoms with van der Waals surface area (Å²) in [6.07, 6.45) is 1.28. The molecule has 126 valence electrons. The van der Waals surface area contributed by atoms with Crippen LogP contribution in [0.15, 0.2) is 18.3 Å². The van der Waals surface area contributed by atoms with E-state index in [1.54, 1.807) is 6.07 Å². The molecule has 1 aromatic heterocycles. The third-order valence-electron chi connectivity index (χ3n) is 4.11. The zero-order valence-corrected chi connectivity index (χ0v) is 13.6. The van der Waals surface area contributed by atoms with Crippen molar-refractivity contribution in [1.29, 1.82) is 0 Å². The van der Waals surface area contributed by atoms with Gasteiger partial charge in [-0.05, 0) is 19.9 Å².